The van der Waals surface area contributed by atoms with Crippen molar-refractivity contribution >= 4 is 5.91 Å². The van der Waals surface area contributed by atoms with Crippen LogP contribution in [0.3, 0.4) is 0 Å². The van der Waals surface area contributed by atoms with Crippen LogP contribution in [0.5, 0.6) is 0 Å². The standard InChI is InChI=1S/C13H26N2O3/c1-13(2,3)6-9(16)8-15-12(17)11-5-4-10(7-14)18-11/h9-11,16H,4-8,14H2,1-3H3,(H,15,17)/t9?,10-,11+/m1/s1. The average Bonchev–Trinajstić information content (AvgIpc) is 2.72. The summed E-state index contributed by atoms with van der Waals surface area (Å²) in [6.45, 7) is 6.91. The first-order valence-electron chi connectivity index (χ1n) is 6.63. The Labute approximate surface area is 109 Å². The van der Waals surface area contributed by atoms with Gasteiger partial charge in [0.05, 0.1) is 12.2 Å². The molecule has 5 nitrogen and oxygen atoms in total. The number of amides is 1. The third-order valence-corrected chi connectivity index (χ3v) is 3.02. The van der Waals surface area contributed by atoms with E-state index in [0.29, 0.717) is 19.4 Å². The number of carbonyl (C=O) groups excluding carboxylic acids is 1. The Morgan fingerprint density at radius 2 is 2.17 bits per heavy atom. The smallest absolute Gasteiger partial charge is 0.249 e. The van der Waals surface area contributed by atoms with Crippen molar-refractivity contribution in [1.82, 2.24) is 5.32 Å². The zero-order valence-corrected chi connectivity index (χ0v) is 11.6. The van der Waals surface area contributed by atoms with E-state index >= 15 is 0 Å². The van der Waals surface area contributed by atoms with Crippen molar-refractivity contribution < 1.29 is 14.6 Å². The van der Waals surface area contributed by atoms with Crippen LogP contribution in [-0.4, -0.2) is 42.4 Å². The van der Waals surface area contributed by atoms with E-state index in [-0.39, 0.29) is 24.0 Å². The number of nitrogens with two attached hydrogens (primary N) is 1. The van der Waals surface area contributed by atoms with E-state index in [4.69, 9.17) is 10.5 Å². The first-order chi connectivity index (χ1) is 8.31. The molecule has 0 saturated carbocycles. The van der Waals surface area contributed by atoms with E-state index in [1.807, 2.05) is 0 Å². The van der Waals surface area contributed by atoms with E-state index < -0.39 is 12.2 Å². The lowest BCUT2D eigenvalue weighted by Gasteiger charge is -2.23. The Morgan fingerprint density at radius 3 is 2.67 bits per heavy atom. The Hall–Kier alpha value is -0.650. The predicted octanol–water partition coefficient (Wildman–Crippen LogP) is 0.406. The fourth-order valence-electron chi connectivity index (χ4n) is 2.18. The maximum absolute atomic E-state index is 11.8. The van der Waals surface area contributed by atoms with Gasteiger partial charge in [0.1, 0.15) is 6.10 Å². The molecule has 1 amide bonds. The van der Waals surface area contributed by atoms with Gasteiger partial charge in [-0.05, 0) is 24.7 Å². The predicted molar refractivity (Wildman–Crippen MR) is 70.0 cm³/mol. The zero-order valence-electron chi connectivity index (χ0n) is 11.6. The highest BCUT2D eigenvalue weighted by molar-refractivity contribution is 5.81. The molecular weight excluding hydrogens is 232 g/mol. The van der Waals surface area contributed by atoms with Gasteiger partial charge in [-0.1, -0.05) is 20.8 Å². The topological polar surface area (TPSA) is 84.6 Å². The second-order valence-electron chi connectivity index (χ2n) is 6.22. The molecule has 1 aliphatic rings. The van der Waals surface area contributed by atoms with Crippen molar-refractivity contribution in [3.63, 3.8) is 0 Å². The Morgan fingerprint density at radius 1 is 1.50 bits per heavy atom. The van der Waals surface area contributed by atoms with Gasteiger partial charge in [0, 0.05) is 13.1 Å². The van der Waals surface area contributed by atoms with Crippen LogP contribution in [-0.2, 0) is 9.53 Å². The number of ether oxygens (including phenoxy) is 1. The molecule has 0 aliphatic carbocycles. The summed E-state index contributed by atoms with van der Waals surface area (Å²) >= 11 is 0. The highest BCUT2D eigenvalue weighted by Gasteiger charge is 2.30. The fraction of sp³-hybridized carbons (Fsp3) is 0.923. The van der Waals surface area contributed by atoms with E-state index in [0.717, 1.165) is 6.42 Å². The van der Waals surface area contributed by atoms with Crippen LogP contribution in [0.15, 0.2) is 0 Å². The van der Waals surface area contributed by atoms with Gasteiger partial charge in [-0.3, -0.25) is 4.79 Å². The summed E-state index contributed by atoms with van der Waals surface area (Å²) in [5, 5.41) is 12.5. The van der Waals surface area contributed by atoms with E-state index in [2.05, 4.69) is 26.1 Å². The molecule has 1 saturated heterocycles. The number of aliphatic hydroxyl groups excluding tert-OH is 1. The molecule has 0 aromatic heterocycles. The normalized spacial score (nSPS) is 26.1. The van der Waals surface area contributed by atoms with E-state index in [1.54, 1.807) is 0 Å². The van der Waals surface area contributed by atoms with Crippen LogP contribution >= 0.6 is 0 Å². The van der Waals surface area contributed by atoms with Crippen LogP contribution in [0.25, 0.3) is 0 Å². The van der Waals surface area contributed by atoms with Gasteiger partial charge >= 0.3 is 0 Å². The molecule has 106 valence electrons. The molecule has 1 unspecified atom stereocenters. The quantitative estimate of drug-likeness (QED) is 0.666. The van der Waals surface area contributed by atoms with Crippen LogP contribution in [0.2, 0.25) is 0 Å². The molecule has 18 heavy (non-hydrogen) atoms. The summed E-state index contributed by atoms with van der Waals surface area (Å²) in [5.41, 5.74) is 5.55. The first-order valence-corrected chi connectivity index (χ1v) is 6.63. The molecule has 3 atom stereocenters. The van der Waals surface area contributed by atoms with Crippen LogP contribution in [0.1, 0.15) is 40.0 Å². The Balaban J connectivity index is 2.25. The number of aliphatic hydroxyl groups is 1. The molecule has 0 spiro atoms. The largest absolute Gasteiger partial charge is 0.391 e. The molecule has 0 bridgehead atoms. The average molecular weight is 258 g/mol. The van der Waals surface area contributed by atoms with Gasteiger partial charge in [0.2, 0.25) is 5.91 Å². The lowest BCUT2D eigenvalue weighted by molar-refractivity contribution is -0.132. The summed E-state index contributed by atoms with van der Waals surface area (Å²) in [7, 11) is 0. The van der Waals surface area contributed by atoms with Crippen LogP contribution in [0, 0.1) is 5.41 Å². The number of hydrogen-bond donors (Lipinski definition) is 3. The molecule has 0 aromatic rings. The summed E-state index contributed by atoms with van der Waals surface area (Å²) in [4.78, 5) is 11.8. The SMILES string of the molecule is CC(C)(C)CC(O)CNC(=O)[C@@H]1CC[C@H](CN)O1. The van der Waals surface area contributed by atoms with Crippen molar-refractivity contribution in [2.24, 2.45) is 11.1 Å². The molecule has 5 heteroatoms. The summed E-state index contributed by atoms with van der Waals surface area (Å²) < 4.78 is 5.49. The maximum Gasteiger partial charge on any atom is 0.249 e. The van der Waals surface area contributed by atoms with E-state index in [9.17, 15) is 9.90 Å². The number of nitrogens with one attached hydrogen (secondary N) is 1. The number of hydrogen-bond acceptors (Lipinski definition) is 4. The maximum atomic E-state index is 11.8. The van der Waals surface area contributed by atoms with Crippen molar-refractivity contribution in [3.05, 3.63) is 0 Å². The van der Waals surface area contributed by atoms with Gasteiger partial charge in [0.15, 0.2) is 0 Å². The second kappa shape index (κ2) is 6.50. The third-order valence-electron chi connectivity index (χ3n) is 3.02. The lowest BCUT2D eigenvalue weighted by atomic mass is 9.89. The highest BCUT2D eigenvalue weighted by atomic mass is 16.5. The summed E-state index contributed by atoms with van der Waals surface area (Å²) in [6, 6.07) is 0. The molecule has 1 aliphatic heterocycles. The van der Waals surface area contributed by atoms with Crippen molar-refractivity contribution in [2.75, 3.05) is 13.1 Å². The van der Waals surface area contributed by atoms with Crippen LogP contribution in [0.4, 0.5) is 0 Å². The van der Waals surface area contributed by atoms with Gasteiger partial charge < -0.3 is 20.9 Å². The lowest BCUT2D eigenvalue weighted by Crippen LogP contribution is -2.40. The highest BCUT2D eigenvalue weighted by Crippen LogP contribution is 2.21. The van der Waals surface area contributed by atoms with Crippen LogP contribution < -0.4 is 11.1 Å². The van der Waals surface area contributed by atoms with Crippen molar-refractivity contribution in [2.45, 2.75) is 58.3 Å². The summed E-state index contributed by atoms with van der Waals surface area (Å²) in [5.74, 6) is -0.140. The van der Waals surface area contributed by atoms with Crippen molar-refractivity contribution in [1.29, 1.82) is 0 Å². The molecule has 4 N–H and O–H groups in total. The Kier molecular flexibility index (Phi) is 5.56. The summed E-state index contributed by atoms with van der Waals surface area (Å²) in [6.07, 6.45) is 1.29. The Bertz CT molecular complexity index is 276. The zero-order chi connectivity index (χ0) is 13.8. The molecule has 0 radical (unpaired) electrons. The minimum atomic E-state index is -0.513. The molecule has 0 aromatic carbocycles. The third kappa shape index (κ3) is 5.33. The molecule has 1 fully saturated rings. The monoisotopic (exact) mass is 258 g/mol. The van der Waals surface area contributed by atoms with E-state index in [1.165, 1.54) is 0 Å². The van der Waals surface area contributed by atoms with Crippen molar-refractivity contribution in [3.8, 4) is 0 Å². The van der Waals surface area contributed by atoms with Gasteiger partial charge in [-0.2, -0.15) is 0 Å². The fourth-order valence-corrected chi connectivity index (χ4v) is 2.18. The first kappa shape index (κ1) is 15.4. The number of carbonyl (C=O) groups is 1. The molecular formula is C13H26N2O3. The van der Waals surface area contributed by atoms with Gasteiger partial charge in [-0.25, -0.2) is 0 Å². The molecule has 1 heterocycles. The second-order valence-corrected chi connectivity index (χ2v) is 6.22. The molecule has 1 rings (SSSR count). The van der Waals surface area contributed by atoms with Gasteiger partial charge in [-0.15, -0.1) is 0 Å². The number of rotatable bonds is 5. The minimum absolute atomic E-state index is 0.000230. The van der Waals surface area contributed by atoms with Gasteiger partial charge in [0.25, 0.3) is 0 Å². The minimum Gasteiger partial charge on any atom is -0.391 e.